The average molecular weight is 707 g/mol. The molecule has 242 valence electrons. The Morgan fingerprint density at radius 2 is 1.54 bits per heavy atom. The maximum absolute atomic E-state index is 14.6. The second kappa shape index (κ2) is 15.9. The van der Waals surface area contributed by atoms with Crippen molar-refractivity contribution in [2.24, 2.45) is 5.92 Å². The molecule has 4 aromatic rings. The van der Waals surface area contributed by atoms with Crippen LogP contribution in [0.2, 0.25) is 0 Å². The molecule has 1 N–H and O–H groups in total. The van der Waals surface area contributed by atoms with Gasteiger partial charge in [-0.3, -0.25) is 13.9 Å². The summed E-state index contributed by atoms with van der Waals surface area (Å²) in [6.45, 7) is 5.84. The minimum atomic E-state index is -4.21. The third-order valence-electron chi connectivity index (χ3n) is 7.43. The molecule has 0 radical (unpaired) electrons. The molecule has 0 spiro atoms. The first-order valence-corrected chi connectivity index (χ1v) is 17.3. The number of anilines is 1. The fourth-order valence-electron chi connectivity index (χ4n) is 4.94. The number of nitrogens with zero attached hydrogens (tertiary/aromatic N) is 2. The number of carbonyl (C=O) groups excluding carboxylic acids is 2. The van der Waals surface area contributed by atoms with E-state index in [0.29, 0.717) is 12.3 Å². The van der Waals surface area contributed by atoms with Crippen molar-refractivity contribution in [2.75, 3.05) is 24.5 Å². The summed E-state index contributed by atoms with van der Waals surface area (Å²) in [4.78, 5) is 30.0. The second-order valence-electron chi connectivity index (χ2n) is 11.5. The van der Waals surface area contributed by atoms with Gasteiger partial charge in [0.2, 0.25) is 11.8 Å². The number of halogens is 1. The zero-order valence-corrected chi connectivity index (χ0v) is 28.9. The summed E-state index contributed by atoms with van der Waals surface area (Å²) in [7, 11) is -2.72. The Morgan fingerprint density at radius 1 is 0.870 bits per heavy atom. The van der Waals surface area contributed by atoms with E-state index >= 15 is 0 Å². The molecular weight excluding hydrogens is 666 g/mol. The van der Waals surface area contributed by atoms with Crippen LogP contribution in [0.25, 0.3) is 0 Å². The number of sulfonamides is 1. The van der Waals surface area contributed by atoms with Gasteiger partial charge in [0.15, 0.2) is 0 Å². The zero-order chi connectivity index (χ0) is 33.3. The van der Waals surface area contributed by atoms with Crippen LogP contribution in [-0.2, 0) is 32.6 Å². The van der Waals surface area contributed by atoms with Crippen LogP contribution in [0.3, 0.4) is 0 Å². The van der Waals surface area contributed by atoms with Crippen LogP contribution in [0.1, 0.15) is 30.5 Å². The SMILES string of the molecule is COc1cccc(N(CC(=O)N(Cc2cccc(Br)c2)[C@H](Cc2ccccc2)C(=O)NCC(C)C)S(=O)(=O)c2ccc(C)cc2)c1. The van der Waals surface area contributed by atoms with Crippen molar-refractivity contribution in [3.63, 3.8) is 0 Å². The van der Waals surface area contributed by atoms with E-state index in [1.165, 1.54) is 24.1 Å². The van der Waals surface area contributed by atoms with Crippen LogP contribution >= 0.6 is 15.9 Å². The van der Waals surface area contributed by atoms with Gasteiger partial charge in [0.05, 0.1) is 17.7 Å². The first kappa shape index (κ1) is 34.7. The third kappa shape index (κ3) is 9.20. The molecule has 8 nitrogen and oxygen atoms in total. The highest BCUT2D eigenvalue weighted by atomic mass is 79.9. The lowest BCUT2D eigenvalue weighted by Crippen LogP contribution is -2.53. The van der Waals surface area contributed by atoms with Crippen LogP contribution in [-0.4, -0.2) is 51.4 Å². The molecule has 0 bridgehead atoms. The van der Waals surface area contributed by atoms with Crippen molar-refractivity contribution < 1.29 is 22.7 Å². The topological polar surface area (TPSA) is 96.0 Å². The van der Waals surface area contributed by atoms with Crippen LogP contribution in [0.5, 0.6) is 5.75 Å². The largest absolute Gasteiger partial charge is 0.497 e. The van der Waals surface area contributed by atoms with Crippen molar-refractivity contribution in [3.8, 4) is 5.75 Å². The van der Waals surface area contributed by atoms with E-state index in [4.69, 9.17) is 4.74 Å². The minimum Gasteiger partial charge on any atom is -0.497 e. The van der Waals surface area contributed by atoms with Gasteiger partial charge in [-0.15, -0.1) is 0 Å². The molecule has 0 aliphatic carbocycles. The molecule has 0 saturated heterocycles. The number of benzene rings is 4. The Bertz CT molecular complexity index is 1730. The van der Waals surface area contributed by atoms with Gasteiger partial charge < -0.3 is 15.0 Å². The van der Waals surface area contributed by atoms with E-state index in [0.717, 1.165) is 25.5 Å². The molecule has 10 heteroatoms. The molecule has 4 rings (SSSR count). The van der Waals surface area contributed by atoms with Crippen LogP contribution in [0.15, 0.2) is 112 Å². The van der Waals surface area contributed by atoms with Gasteiger partial charge in [0.1, 0.15) is 18.3 Å². The number of nitrogens with one attached hydrogen (secondary N) is 1. The quantitative estimate of drug-likeness (QED) is 0.164. The predicted molar refractivity (Wildman–Crippen MR) is 185 cm³/mol. The molecule has 0 fully saturated rings. The van der Waals surface area contributed by atoms with Gasteiger partial charge >= 0.3 is 0 Å². The number of amides is 2. The normalized spacial score (nSPS) is 12.0. The van der Waals surface area contributed by atoms with Crippen molar-refractivity contribution in [3.05, 3.63) is 124 Å². The summed E-state index contributed by atoms with van der Waals surface area (Å²) < 4.78 is 35.7. The maximum Gasteiger partial charge on any atom is 0.264 e. The summed E-state index contributed by atoms with van der Waals surface area (Å²) in [5.41, 5.74) is 2.82. The van der Waals surface area contributed by atoms with Gasteiger partial charge in [-0.05, 0) is 60.4 Å². The Kier molecular flexibility index (Phi) is 12.0. The van der Waals surface area contributed by atoms with E-state index < -0.39 is 28.5 Å². The number of hydrogen-bond acceptors (Lipinski definition) is 5. The lowest BCUT2D eigenvalue weighted by atomic mass is 10.0. The molecular formula is C36H40BrN3O5S. The molecule has 0 aromatic heterocycles. The van der Waals surface area contributed by atoms with Crippen molar-refractivity contribution >= 4 is 43.5 Å². The number of ether oxygens (including phenoxy) is 1. The summed E-state index contributed by atoms with van der Waals surface area (Å²) in [6, 6.07) is 29.1. The van der Waals surface area contributed by atoms with Gasteiger partial charge in [0.25, 0.3) is 10.0 Å². The third-order valence-corrected chi connectivity index (χ3v) is 9.71. The molecule has 0 unspecified atom stereocenters. The molecule has 4 aromatic carbocycles. The maximum atomic E-state index is 14.6. The highest BCUT2D eigenvalue weighted by molar-refractivity contribution is 9.10. The minimum absolute atomic E-state index is 0.0442. The summed E-state index contributed by atoms with van der Waals surface area (Å²) in [5, 5.41) is 3.01. The van der Waals surface area contributed by atoms with E-state index in [2.05, 4.69) is 21.2 Å². The molecule has 0 saturated carbocycles. The van der Waals surface area contributed by atoms with Crippen LogP contribution < -0.4 is 14.4 Å². The first-order valence-electron chi connectivity index (χ1n) is 15.1. The van der Waals surface area contributed by atoms with Crippen molar-refractivity contribution in [2.45, 2.75) is 44.7 Å². The monoisotopic (exact) mass is 705 g/mol. The fraction of sp³-hybridized carbons (Fsp3) is 0.278. The Labute approximate surface area is 280 Å². The van der Waals surface area contributed by atoms with E-state index in [1.807, 2.05) is 75.4 Å². The molecule has 0 aliphatic rings. The average Bonchev–Trinajstić information content (AvgIpc) is 3.04. The zero-order valence-electron chi connectivity index (χ0n) is 26.5. The Morgan fingerprint density at radius 3 is 2.20 bits per heavy atom. The highest BCUT2D eigenvalue weighted by Crippen LogP contribution is 2.28. The standard InChI is InChI=1S/C36H40BrN3O5S/c1-26(2)23-38-36(42)34(21-28-10-6-5-7-11-28)39(24-29-12-8-13-30(37)20-29)35(41)25-40(31-14-9-15-32(22-31)45-4)46(43,44)33-18-16-27(3)17-19-33/h5-20,22,26,34H,21,23-25H2,1-4H3,(H,38,42)/t34-/m1/s1. The fourth-order valence-corrected chi connectivity index (χ4v) is 6.79. The van der Waals surface area contributed by atoms with E-state index in [-0.39, 0.29) is 35.4 Å². The smallest absolute Gasteiger partial charge is 0.264 e. The predicted octanol–water partition coefficient (Wildman–Crippen LogP) is 6.37. The Hall–Kier alpha value is -4.15. The molecule has 46 heavy (non-hydrogen) atoms. The van der Waals surface area contributed by atoms with Gasteiger partial charge in [-0.1, -0.05) is 96.0 Å². The van der Waals surface area contributed by atoms with Gasteiger partial charge in [-0.2, -0.15) is 0 Å². The van der Waals surface area contributed by atoms with Gasteiger partial charge in [-0.25, -0.2) is 8.42 Å². The second-order valence-corrected chi connectivity index (χ2v) is 14.3. The number of methoxy groups -OCH3 is 1. The van der Waals surface area contributed by atoms with Gasteiger partial charge in [0, 0.05) is 30.0 Å². The van der Waals surface area contributed by atoms with Crippen LogP contribution in [0, 0.1) is 12.8 Å². The summed E-state index contributed by atoms with van der Waals surface area (Å²) >= 11 is 3.51. The van der Waals surface area contributed by atoms with E-state index in [9.17, 15) is 18.0 Å². The highest BCUT2D eigenvalue weighted by Gasteiger charge is 2.34. The number of hydrogen-bond donors (Lipinski definition) is 1. The molecule has 0 aliphatic heterocycles. The van der Waals surface area contributed by atoms with Crippen LogP contribution in [0.4, 0.5) is 5.69 Å². The summed E-state index contributed by atoms with van der Waals surface area (Å²) in [5.74, 6) is -0.205. The molecule has 1 atom stereocenters. The number of carbonyl (C=O) groups is 2. The van der Waals surface area contributed by atoms with Crippen molar-refractivity contribution in [1.29, 1.82) is 0 Å². The summed E-state index contributed by atoms with van der Waals surface area (Å²) in [6.07, 6.45) is 0.244. The first-order chi connectivity index (χ1) is 22.0. The number of rotatable bonds is 14. The lowest BCUT2D eigenvalue weighted by Gasteiger charge is -2.34. The molecule has 0 heterocycles. The number of aryl methyl sites for hydroxylation is 1. The van der Waals surface area contributed by atoms with Crippen molar-refractivity contribution in [1.82, 2.24) is 10.2 Å². The van der Waals surface area contributed by atoms with E-state index in [1.54, 1.807) is 36.4 Å². The molecule has 2 amide bonds. The Balaban J connectivity index is 1.81. The lowest BCUT2D eigenvalue weighted by molar-refractivity contribution is -0.140.